The van der Waals surface area contributed by atoms with Crippen molar-refractivity contribution in [2.75, 3.05) is 19.6 Å². The fourth-order valence-electron chi connectivity index (χ4n) is 3.71. The van der Waals surface area contributed by atoms with Crippen LogP contribution in [0.2, 0.25) is 0 Å². The summed E-state index contributed by atoms with van der Waals surface area (Å²) in [6.45, 7) is 11.7. The van der Waals surface area contributed by atoms with Gasteiger partial charge in [-0.2, -0.15) is 0 Å². The smallest absolute Gasteiger partial charge is 0.340 e. The molecule has 0 aliphatic heterocycles. The molecule has 0 spiro atoms. The number of rotatable bonds is 9. The minimum atomic E-state index is -1.87. The first-order chi connectivity index (χ1) is 16.3. The standard InChI is InChI=1S/C14H10O5S.C13H22N/c15-13(16)9-5-1-3-7-11(9)20(19)12-8-4-2-6-10(12)14(17)18;1-4-14(5-2,6-3)12-13-10-8-7-9-11-13/h1-8H,(H,15,16)(H,17,18);7-11H,4-6,12H2,1-3H3/q;+1. The Morgan fingerprint density at radius 3 is 1.47 bits per heavy atom. The Kier molecular flexibility index (Phi) is 10.3. The Bertz CT molecular complexity index is 1020. The van der Waals surface area contributed by atoms with Crippen LogP contribution >= 0.6 is 0 Å². The summed E-state index contributed by atoms with van der Waals surface area (Å²) in [7, 11) is 0. The van der Waals surface area contributed by atoms with Gasteiger partial charge in [0.2, 0.25) is 0 Å². The molecule has 7 heteroatoms. The predicted molar refractivity (Wildman–Crippen MR) is 134 cm³/mol. The number of carboxylic acid groups (broad SMARTS) is 2. The van der Waals surface area contributed by atoms with Crippen LogP contribution in [0.3, 0.4) is 0 Å². The molecule has 2 N–H and O–H groups in total. The first-order valence-electron chi connectivity index (χ1n) is 11.2. The number of carbonyl (C=O) groups is 2. The lowest BCUT2D eigenvalue weighted by Crippen LogP contribution is -2.46. The highest BCUT2D eigenvalue weighted by Crippen LogP contribution is 2.26. The summed E-state index contributed by atoms with van der Waals surface area (Å²) in [5, 5.41) is 18.2. The van der Waals surface area contributed by atoms with Gasteiger partial charge in [-0.1, -0.05) is 54.6 Å². The van der Waals surface area contributed by atoms with E-state index in [4.69, 9.17) is 10.2 Å². The summed E-state index contributed by atoms with van der Waals surface area (Å²) >= 11 is -1.87. The molecule has 0 aliphatic carbocycles. The van der Waals surface area contributed by atoms with Gasteiger partial charge in [-0.3, -0.25) is 0 Å². The average Bonchev–Trinajstić information content (AvgIpc) is 2.88. The maximum absolute atomic E-state index is 12.5. The van der Waals surface area contributed by atoms with E-state index >= 15 is 0 Å². The van der Waals surface area contributed by atoms with Crippen LogP contribution in [0.4, 0.5) is 0 Å². The van der Waals surface area contributed by atoms with Crippen molar-refractivity contribution in [1.82, 2.24) is 0 Å². The van der Waals surface area contributed by atoms with Gasteiger partial charge in [-0.05, 0) is 45.0 Å². The summed E-state index contributed by atoms with van der Waals surface area (Å²) in [5.74, 6) is -2.41. The molecule has 0 unspecified atom stereocenters. The molecule has 3 aromatic rings. The van der Waals surface area contributed by atoms with Crippen LogP contribution in [0.25, 0.3) is 0 Å². The zero-order chi connectivity index (χ0) is 25.1. The predicted octanol–water partition coefficient (Wildman–Crippen LogP) is 5.31. The monoisotopic (exact) mass is 482 g/mol. The van der Waals surface area contributed by atoms with Crippen LogP contribution in [-0.4, -0.2) is 50.8 Å². The lowest BCUT2D eigenvalue weighted by Gasteiger charge is -2.35. The molecular weight excluding hydrogens is 450 g/mol. The molecule has 0 bridgehead atoms. The molecule has 0 heterocycles. The Labute approximate surface area is 204 Å². The van der Waals surface area contributed by atoms with E-state index in [0.29, 0.717) is 0 Å². The van der Waals surface area contributed by atoms with Gasteiger partial charge in [0.1, 0.15) is 17.7 Å². The van der Waals surface area contributed by atoms with Gasteiger partial charge >= 0.3 is 11.9 Å². The van der Waals surface area contributed by atoms with Crippen LogP contribution in [0.5, 0.6) is 0 Å². The summed E-state index contributed by atoms with van der Waals surface area (Å²) in [6, 6.07) is 22.5. The number of aromatic carboxylic acids is 2. The largest absolute Gasteiger partial charge is 0.606 e. The van der Waals surface area contributed by atoms with E-state index in [9.17, 15) is 14.1 Å². The second kappa shape index (κ2) is 12.9. The normalized spacial score (nSPS) is 11.0. The first-order valence-corrected chi connectivity index (χ1v) is 12.4. The van der Waals surface area contributed by atoms with Gasteiger partial charge in [-0.15, -0.1) is 0 Å². The quantitative estimate of drug-likeness (QED) is 0.318. The molecule has 3 rings (SSSR count). The van der Waals surface area contributed by atoms with Crippen LogP contribution in [0.15, 0.2) is 88.7 Å². The van der Waals surface area contributed by atoms with Gasteiger partial charge in [0.15, 0.2) is 9.79 Å². The van der Waals surface area contributed by atoms with Crippen molar-refractivity contribution >= 4 is 23.1 Å². The van der Waals surface area contributed by atoms with E-state index in [2.05, 4.69) is 51.1 Å². The second-order valence-electron chi connectivity index (χ2n) is 7.81. The molecule has 3 aromatic carbocycles. The molecule has 0 atom stereocenters. The number of hydrogen-bond acceptors (Lipinski definition) is 3. The maximum Gasteiger partial charge on any atom is 0.340 e. The molecule has 0 radical (unpaired) electrons. The summed E-state index contributed by atoms with van der Waals surface area (Å²) < 4.78 is 13.7. The van der Waals surface area contributed by atoms with Crippen LogP contribution in [0.1, 0.15) is 47.1 Å². The molecule has 34 heavy (non-hydrogen) atoms. The topological polar surface area (TPSA) is 97.7 Å². The lowest BCUT2D eigenvalue weighted by molar-refractivity contribution is -0.936. The van der Waals surface area contributed by atoms with Gasteiger partial charge < -0.3 is 19.2 Å². The van der Waals surface area contributed by atoms with E-state index < -0.39 is 23.1 Å². The second-order valence-corrected chi connectivity index (χ2v) is 9.22. The Balaban J connectivity index is 0.000000257. The van der Waals surface area contributed by atoms with E-state index in [1.807, 2.05) is 0 Å². The lowest BCUT2D eigenvalue weighted by atomic mass is 10.2. The Morgan fingerprint density at radius 2 is 1.09 bits per heavy atom. The minimum Gasteiger partial charge on any atom is -0.606 e. The Morgan fingerprint density at radius 1 is 0.706 bits per heavy atom. The third-order valence-electron chi connectivity index (χ3n) is 6.01. The molecule has 0 fully saturated rings. The van der Waals surface area contributed by atoms with Gasteiger partial charge in [-0.25, -0.2) is 9.59 Å². The third kappa shape index (κ3) is 6.93. The van der Waals surface area contributed by atoms with Crippen molar-refractivity contribution in [3.8, 4) is 0 Å². The zero-order valence-corrected chi connectivity index (χ0v) is 20.6. The maximum atomic E-state index is 12.5. The van der Waals surface area contributed by atoms with Gasteiger partial charge in [0.05, 0.1) is 19.6 Å². The zero-order valence-electron chi connectivity index (χ0n) is 19.8. The highest BCUT2D eigenvalue weighted by molar-refractivity contribution is 7.91. The fourth-order valence-corrected chi connectivity index (χ4v) is 5.06. The molecule has 6 nitrogen and oxygen atoms in total. The molecule has 0 saturated carbocycles. The highest BCUT2D eigenvalue weighted by Gasteiger charge is 2.26. The van der Waals surface area contributed by atoms with Crippen molar-refractivity contribution in [1.29, 1.82) is 0 Å². The third-order valence-corrected chi connectivity index (χ3v) is 7.52. The molecule has 0 amide bonds. The van der Waals surface area contributed by atoms with Gasteiger partial charge in [0, 0.05) is 16.7 Å². The van der Waals surface area contributed by atoms with Crippen molar-refractivity contribution in [3.63, 3.8) is 0 Å². The van der Waals surface area contributed by atoms with E-state index in [1.54, 1.807) is 12.1 Å². The number of hydrogen-bond donors (Lipinski definition) is 2. The van der Waals surface area contributed by atoms with Crippen molar-refractivity contribution < 1.29 is 28.8 Å². The van der Waals surface area contributed by atoms with Crippen LogP contribution < -0.4 is 0 Å². The Hall–Kier alpha value is -3.13. The van der Waals surface area contributed by atoms with E-state index in [1.165, 1.54) is 72.6 Å². The molecule has 0 aromatic heterocycles. The number of benzene rings is 3. The highest BCUT2D eigenvalue weighted by atomic mass is 32.2. The van der Waals surface area contributed by atoms with Crippen molar-refractivity contribution in [2.45, 2.75) is 37.1 Å². The minimum absolute atomic E-state index is 0.0775. The molecule has 180 valence electrons. The summed E-state index contributed by atoms with van der Waals surface area (Å²) in [6.07, 6.45) is 0. The van der Waals surface area contributed by atoms with E-state index in [0.717, 1.165) is 0 Å². The van der Waals surface area contributed by atoms with Crippen molar-refractivity contribution in [2.24, 2.45) is 0 Å². The SMILES string of the molecule is CC[N+](CC)(CC)Cc1ccccc1.O=C(O)c1ccccc1[S+]([O-])c1ccccc1C(=O)O. The molecule has 0 saturated heterocycles. The number of carboxylic acids is 2. The van der Waals surface area contributed by atoms with Crippen LogP contribution in [0, 0.1) is 0 Å². The molecule has 0 aliphatic rings. The summed E-state index contributed by atoms with van der Waals surface area (Å²) in [5.41, 5.74) is 1.25. The van der Waals surface area contributed by atoms with Crippen LogP contribution in [-0.2, 0) is 17.7 Å². The first kappa shape index (κ1) is 27.1. The average molecular weight is 483 g/mol. The van der Waals surface area contributed by atoms with Gasteiger partial charge in [0.25, 0.3) is 0 Å². The number of quaternary nitrogens is 1. The molecular formula is C27H32NO5S+. The van der Waals surface area contributed by atoms with Crippen molar-refractivity contribution in [3.05, 3.63) is 95.6 Å². The fraction of sp³-hybridized carbons (Fsp3) is 0.259. The summed E-state index contributed by atoms with van der Waals surface area (Å²) in [4.78, 5) is 22.4. The number of nitrogens with zero attached hydrogens (tertiary/aromatic N) is 1. The van der Waals surface area contributed by atoms with E-state index in [-0.39, 0.29) is 20.9 Å².